The molecule has 0 saturated heterocycles. The molecule has 130 valence electrons. The molecule has 1 aromatic rings. The van der Waals surface area contributed by atoms with Gasteiger partial charge in [0.25, 0.3) is 5.69 Å². The van der Waals surface area contributed by atoms with Crippen LogP contribution in [0.5, 0.6) is 0 Å². The summed E-state index contributed by atoms with van der Waals surface area (Å²) in [6, 6.07) is 3.85. The van der Waals surface area contributed by atoms with Gasteiger partial charge in [-0.2, -0.15) is 4.31 Å². The molecule has 0 saturated carbocycles. The van der Waals surface area contributed by atoms with Gasteiger partial charge in [0.15, 0.2) is 0 Å². The smallest absolute Gasteiger partial charge is 0.293 e. The number of anilines is 1. The molecule has 23 heavy (non-hydrogen) atoms. The second-order valence-corrected chi connectivity index (χ2v) is 7.81. The van der Waals surface area contributed by atoms with Crippen molar-refractivity contribution in [3.63, 3.8) is 0 Å². The molecule has 3 N–H and O–H groups in total. The maximum atomic E-state index is 12.5. The van der Waals surface area contributed by atoms with E-state index in [9.17, 15) is 18.5 Å². The summed E-state index contributed by atoms with van der Waals surface area (Å²) < 4.78 is 26.2. The highest BCUT2D eigenvalue weighted by Gasteiger charge is 2.26. The molecule has 9 heteroatoms. The Kier molecular flexibility index (Phi) is 6.09. The molecule has 0 aliphatic rings. The van der Waals surface area contributed by atoms with Crippen LogP contribution in [0.15, 0.2) is 23.1 Å². The van der Waals surface area contributed by atoms with Crippen molar-refractivity contribution in [1.29, 1.82) is 0 Å². The number of sulfonamides is 1. The Morgan fingerprint density at radius 1 is 1.30 bits per heavy atom. The van der Waals surface area contributed by atoms with E-state index < -0.39 is 20.5 Å². The Labute approximate surface area is 136 Å². The Hall–Kier alpha value is -1.71. The first-order chi connectivity index (χ1) is 10.5. The van der Waals surface area contributed by atoms with E-state index in [1.54, 1.807) is 27.7 Å². The zero-order chi connectivity index (χ0) is 17.8. The van der Waals surface area contributed by atoms with Crippen molar-refractivity contribution in [2.45, 2.75) is 38.1 Å². The van der Waals surface area contributed by atoms with Crippen LogP contribution in [-0.4, -0.2) is 42.8 Å². The lowest BCUT2D eigenvalue weighted by molar-refractivity contribution is -0.384. The lowest BCUT2D eigenvalue weighted by Gasteiger charge is -2.21. The minimum Gasteiger partial charge on any atom is -0.378 e. The highest BCUT2D eigenvalue weighted by molar-refractivity contribution is 7.89. The van der Waals surface area contributed by atoms with Gasteiger partial charge in [0.2, 0.25) is 10.0 Å². The van der Waals surface area contributed by atoms with Gasteiger partial charge in [-0.15, -0.1) is 0 Å². The number of hydrogen-bond donors (Lipinski definition) is 2. The zero-order valence-electron chi connectivity index (χ0n) is 13.9. The van der Waals surface area contributed by atoms with Crippen LogP contribution in [-0.2, 0) is 10.0 Å². The first-order valence-electron chi connectivity index (χ1n) is 7.34. The number of nitro benzene ring substituents is 1. The molecule has 0 bridgehead atoms. The molecule has 8 nitrogen and oxygen atoms in total. The molecule has 0 aliphatic carbocycles. The van der Waals surface area contributed by atoms with E-state index in [2.05, 4.69) is 5.32 Å². The Morgan fingerprint density at radius 3 is 2.30 bits per heavy atom. The lowest BCUT2D eigenvalue weighted by Crippen LogP contribution is -2.39. The van der Waals surface area contributed by atoms with Gasteiger partial charge in [-0.05, 0) is 26.0 Å². The van der Waals surface area contributed by atoms with Crippen molar-refractivity contribution < 1.29 is 13.3 Å². The summed E-state index contributed by atoms with van der Waals surface area (Å²) in [4.78, 5) is 10.6. The molecule has 0 aliphatic heterocycles. The predicted octanol–water partition coefficient (Wildman–Crippen LogP) is 1.77. The van der Waals surface area contributed by atoms with Crippen molar-refractivity contribution in [2.24, 2.45) is 5.73 Å². The van der Waals surface area contributed by atoms with Crippen molar-refractivity contribution in [3.05, 3.63) is 28.3 Å². The fourth-order valence-corrected chi connectivity index (χ4v) is 3.49. The monoisotopic (exact) mass is 344 g/mol. The van der Waals surface area contributed by atoms with Crippen LogP contribution in [0, 0.1) is 10.1 Å². The summed E-state index contributed by atoms with van der Waals surface area (Å²) in [7, 11) is -3.74. The van der Waals surface area contributed by atoms with Gasteiger partial charge in [-0.3, -0.25) is 10.1 Å². The van der Waals surface area contributed by atoms with Gasteiger partial charge in [-0.1, -0.05) is 13.8 Å². The minimum absolute atomic E-state index is 0.0922. The molecular formula is C14H24N4O4S. The highest BCUT2D eigenvalue weighted by Crippen LogP contribution is 2.29. The van der Waals surface area contributed by atoms with Gasteiger partial charge in [0.1, 0.15) is 5.69 Å². The summed E-state index contributed by atoms with van der Waals surface area (Å²) in [5.74, 6) is 0. The quantitative estimate of drug-likeness (QED) is 0.548. The molecular weight excluding hydrogens is 320 g/mol. The van der Waals surface area contributed by atoms with E-state index in [1.807, 2.05) is 0 Å². The summed E-state index contributed by atoms with van der Waals surface area (Å²) in [6.07, 6.45) is 0. The highest BCUT2D eigenvalue weighted by atomic mass is 32.2. The van der Waals surface area contributed by atoms with Crippen LogP contribution < -0.4 is 11.1 Å². The first kappa shape index (κ1) is 19.3. The molecule has 1 rings (SSSR count). The van der Waals surface area contributed by atoms with E-state index in [4.69, 9.17) is 5.73 Å². The fourth-order valence-electron chi connectivity index (χ4n) is 2.01. The van der Waals surface area contributed by atoms with Crippen molar-refractivity contribution >= 4 is 21.4 Å². The van der Waals surface area contributed by atoms with Crippen LogP contribution in [0.2, 0.25) is 0 Å². The van der Waals surface area contributed by atoms with Gasteiger partial charge < -0.3 is 11.1 Å². The van der Waals surface area contributed by atoms with Gasteiger partial charge in [0.05, 0.1) is 9.82 Å². The van der Waals surface area contributed by atoms with E-state index in [-0.39, 0.29) is 16.3 Å². The van der Waals surface area contributed by atoms with Crippen molar-refractivity contribution in [1.82, 2.24) is 4.31 Å². The molecule has 0 atom stereocenters. The molecule has 0 spiro atoms. The molecule has 1 aromatic carbocycles. The number of benzene rings is 1. The number of nitro groups is 1. The lowest BCUT2D eigenvalue weighted by atomic mass is 10.1. The van der Waals surface area contributed by atoms with Crippen molar-refractivity contribution in [3.8, 4) is 0 Å². The second-order valence-electron chi connectivity index (χ2n) is 5.87. The third-order valence-electron chi connectivity index (χ3n) is 3.24. The molecule has 0 fully saturated rings. The SMILES string of the molecule is CCN(CC)S(=O)(=O)c1ccc(NCC(C)(C)N)c([N+](=O)[O-])c1. The molecule has 0 unspecified atom stereocenters. The zero-order valence-corrected chi connectivity index (χ0v) is 14.7. The van der Waals surface area contributed by atoms with Crippen LogP contribution in [0.4, 0.5) is 11.4 Å². The summed E-state index contributed by atoms with van der Waals surface area (Å²) in [6.45, 7) is 7.91. The predicted molar refractivity (Wildman–Crippen MR) is 90.0 cm³/mol. The summed E-state index contributed by atoms with van der Waals surface area (Å²) in [5, 5.41) is 14.2. The van der Waals surface area contributed by atoms with Crippen LogP contribution in [0.1, 0.15) is 27.7 Å². The Balaban J connectivity index is 3.26. The van der Waals surface area contributed by atoms with Crippen molar-refractivity contribution in [2.75, 3.05) is 25.0 Å². The summed E-state index contributed by atoms with van der Waals surface area (Å²) >= 11 is 0. The van der Waals surface area contributed by atoms with Crippen LogP contribution in [0.25, 0.3) is 0 Å². The standard InChI is InChI=1S/C14H24N4O4S/c1-5-17(6-2)23(21,22)11-7-8-12(13(9-11)18(19)20)16-10-14(3,4)15/h7-9,16H,5-6,10,15H2,1-4H3. The van der Waals surface area contributed by atoms with E-state index >= 15 is 0 Å². The first-order valence-corrected chi connectivity index (χ1v) is 8.78. The van der Waals surface area contributed by atoms with Crippen LogP contribution in [0.3, 0.4) is 0 Å². The number of rotatable bonds is 8. The maximum absolute atomic E-state index is 12.5. The molecule has 0 radical (unpaired) electrons. The van der Waals surface area contributed by atoms with Gasteiger partial charge in [0, 0.05) is 31.2 Å². The van der Waals surface area contributed by atoms with E-state index in [1.165, 1.54) is 16.4 Å². The Morgan fingerprint density at radius 2 is 1.87 bits per heavy atom. The van der Waals surface area contributed by atoms with E-state index in [0.29, 0.717) is 19.6 Å². The Bertz CT molecular complexity index is 664. The number of nitrogens with two attached hydrogens (primary N) is 1. The van der Waals surface area contributed by atoms with Crippen LogP contribution >= 0.6 is 0 Å². The second kappa shape index (κ2) is 7.24. The molecule has 0 amide bonds. The minimum atomic E-state index is -3.74. The third kappa shape index (κ3) is 4.88. The normalized spacial score (nSPS) is 12.4. The summed E-state index contributed by atoms with van der Waals surface area (Å²) in [5.41, 5.74) is 5.25. The van der Waals surface area contributed by atoms with E-state index in [0.717, 1.165) is 6.07 Å². The molecule has 0 heterocycles. The number of nitrogens with zero attached hydrogens (tertiary/aromatic N) is 2. The third-order valence-corrected chi connectivity index (χ3v) is 5.29. The number of nitrogens with one attached hydrogen (secondary N) is 1. The topological polar surface area (TPSA) is 119 Å². The number of hydrogen-bond acceptors (Lipinski definition) is 6. The maximum Gasteiger partial charge on any atom is 0.293 e. The van der Waals surface area contributed by atoms with Gasteiger partial charge >= 0.3 is 0 Å². The molecule has 0 aromatic heterocycles. The average Bonchev–Trinajstić information content (AvgIpc) is 2.45. The average molecular weight is 344 g/mol. The van der Waals surface area contributed by atoms with Gasteiger partial charge in [-0.25, -0.2) is 8.42 Å². The largest absolute Gasteiger partial charge is 0.378 e. The fraction of sp³-hybridized carbons (Fsp3) is 0.571.